The van der Waals surface area contributed by atoms with Crippen molar-refractivity contribution in [1.29, 1.82) is 0 Å². The molecule has 8 heteroatoms. The van der Waals surface area contributed by atoms with E-state index in [2.05, 4.69) is 15.2 Å². The fraction of sp³-hybridized carbons (Fsp3) is 0.273. The van der Waals surface area contributed by atoms with Crippen molar-refractivity contribution in [3.05, 3.63) is 34.4 Å². The Balaban J connectivity index is 2.28. The minimum Gasteiger partial charge on any atom is -0.478 e. The Labute approximate surface area is 112 Å². The highest BCUT2D eigenvalue weighted by Gasteiger charge is 2.11. The number of rotatable bonds is 5. The summed E-state index contributed by atoms with van der Waals surface area (Å²) in [4.78, 5) is 26.4. The number of H-pyrrole nitrogens is 1. The van der Waals surface area contributed by atoms with Gasteiger partial charge in [-0.1, -0.05) is 6.92 Å². The van der Waals surface area contributed by atoms with Crippen LogP contribution in [0.15, 0.2) is 33.3 Å². The van der Waals surface area contributed by atoms with E-state index in [1.54, 1.807) is 0 Å². The average molecular weight is 280 g/mol. The van der Waals surface area contributed by atoms with Crippen molar-refractivity contribution >= 4 is 17.7 Å². The van der Waals surface area contributed by atoms with Gasteiger partial charge in [-0.15, -0.1) is 5.10 Å². The van der Waals surface area contributed by atoms with E-state index < -0.39 is 5.97 Å². The smallest absolute Gasteiger partial charge is 0.343 e. The minimum atomic E-state index is -1.02. The summed E-state index contributed by atoms with van der Waals surface area (Å²) in [6.07, 6.45) is 2.22. The third-order valence-electron chi connectivity index (χ3n) is 2.35. The first-order valence-corrected chi connectivity index (χ1v) is 6.46. The molecule has 0 atom stereocenters. The lowest BCUT2D eigenvalue weighted by atomic mass is 10.3. The van der Waals surface area contributed by atoms with Gasteiger partial charge in [-0.3, -0.25) is 4.57 Å². The number of nitrogens with zero attached hydrogens (tertiary/aromatic N) is 3. The second-order valence-electron chi connectivity index (χ2n) is 3.75. The molecule has 0 saturated carbocycles. The number of aromatic nitrogens is 4. The second kappa shape index (κ2) is 5.70. The number of pyridine rings is 1. The molecule has 0 bridgehead atoms. The average Bonchev–Trinajstić information content (AvgIpc) is 2.72. The highest BCUT2D eigenvalue weighted by Crippen LogP contribution is 2.23. The Morgan fingerprint density at radius 2 is 2.37 bits per heavy atom. The number of hydrogen-bond acceptors (Lipinski definition) is 5. The van der Waals surface area contributed by atoms with Crippen LogP contribution in [0.1, 0.15) is 23.7 Å². The zero-order valence-corrected chi connectivity index (χ0v) is 11.0. The van der Waals surface area contributed by atoms with Crippen molar-refractivity contribution in [3.63, 3.8) is 0 Å². The van der Waals surface area contributed by atoms with Gasteiger partial charge < -0.3 is 5.11 Å². The topological polar surface area (TPSA) is 101 Å². The lowest BCUT2D eigenvalue weighted by Gasteiger charge is -2.03. The van der Waals surface area contributed by atoms with Crippen molar-refractivity contribution in [3.8, 4) is 0 Å². The van der Waals surface area contributed by atoms with Crippen molar-refractivity contribution in [1.82, 2.24) is 19.7 Å². The lowest BCUT2D eigenvalue weighted by molar-refractivity contribution is 0.0696. The van der Waals surface area contributed by atoms with Gasteiger partial charge in [0.05, 0.1) is 5.56 Å². The summed E-state index contributed by atoms with van der Waals surface area (Å²) in [5.74, 6) is -1.02. The molecule has 0 radical (unpaired) electrons. The van der Waals surface area contributed by atoms with Gasteiger partial charge in [-0.05, 0) is 30.3 Å². The number of hydrogen-bond donors (Lipinski definition) is 2. The second-order valence-corrected chi connectivity index (χ2v) is 4.74. The summed E-state index contributed by atoms with van der Waals surface area (Å²) in [6, 6.07) is 2.86. The number of carboxylic acids is 1. The maximum absolute atomic E-state index is 11.5. The molecule has 2 rings (SSSR count). The molecule has 2 aromatic heterocycles. The van der Waals surface area contributed by atoms with E-state index in [-0.39, 0.29) is 11.3 Å². The maximum atomic E-state index is 11.5. The maximum Gasteiger partial charge on any atom is 0.343 e. The quantitative estimate of drug-likeness (QED) is 0.854. The Morgan fingerprint density at radius 3 is 3.05 bits per heavy atom. The Hall–Kier alpha value is -2.09. The highest BCUT2D eigenvalue weighted by molar-refractivity contribution is 7.99. The van der Waals surface area contributed by atoms with Crippen LogP contribution in [0.5, 0.6) is 0 Å². The molecule has 2 aromatic rings. The molecule has 7 nitrogen and oxygen atoms in total. The summed E-state index contributed by atoms with van der Waals surface area (Å²) < 4.78 is 1.50. The van der Waals surface area contributed by atoms with Crippen LogP contribution in [0.4, 0.5) is 0 Å². The van der Waals surface area contributed by atoms with E-state index in [9.17, 15) is 9.59 Å². The number of carbonyl (C=O) groups is 1. The summed E-state index contributed by atoms with van der Waals surface area (Å²) in [7, 11) is 0. The molecule has 0 aliphatic rings. The molecule has 2 heterocycles. The lowest BCUT2D eigenvalue weighted by Crippen LogP contribution is -2.17. The van der Waals surface area contributed by atoms with Gasteiger partial charge >= 0.3 is 11.7 Å². The third-order valence-corrected chi connectivity index (χ3v) is 3.27. The Morgan fingerprint density at radius 1 is 1.58 bits per heavy atom. The van der Waals surface area contributed by atoms with Crippen molar-refractivity contribution in [2.45, 2.75) is 30.1 Å². The first-order valence-electron chi connectivity index (χ1n) is 5.64. The third kappa shape index (κ3) is 3.02. The molecule has 0 spiro atoms. The molecule has 0 aliphatic heterocycles. The van der Waals surface area contributed by atoms with Gasteiger partial charge in [0, 0.05) is 12.7 Å². The molecular weight excluding hydrogens is 268 g/mol. The van der Waals surface area contributed by atoms with Crippen LogP contribution in [0.25, 0.3) is 0 Å². The summed E-state index contributed by atoms with van der Waals surface area (Å²) in [6.45, 7) is 2.51. The zero-order chi connectivity index (χ0) is 13.8. The minimum absolute atomic E-state index is 0.150. The highest BCUT2D eigenvalue weighted by atomic mass is 32.2. The van der Waals surface area contributed by atoms with Crippen LogP contribution in [-0.2, 0) is 6.54 Å². The molecular formula is C11H12N4O3S. The molecule has 0 fully saturated rings. The van der Waals surface area contributed by atoms with E-state index >= 15 is 0 Å². The molecule has 0 amide bonds. The standard InChI is InChI=1S/C11H12N4O3S/c1-2-5-15-10(18)13-14-11(15)19-8-6-7(9(16)17)3-4-12-8/h3-4,6H,2,5H2,1H3,(H,13,18)(H,16,17). The first kappa shape index (κ1) is 13.3. The Bertz CT molecular complexity index is 649. The number of aromatic amines is 1. The van der Waals surface area contributed by atoms with Crippen LogP contribution in [0, 0.1) is 0 Å². The molecule has 2 N–H and O–H groups in total. The monoisotopic (exact) mass is 280 g/mol. The van der Waals surface area contributed by atoms with Crippen molar-refractivity contribution < 1.29 is 9.90 Å². The number of aromatic carboxylic acids is 1. The van der Waals surface area contributed by atoms with Gasteiger partial charge in [-0.25, -0.2) is 19.7 Å². The van der Waals surface area contributed by atoms with Crippen LogP contribution < -0.4 is 5.69 Å². The molecule has 0 unspecified atom stereocenters. The molecule has 19 heavy (non-hydrogen) atoms. The summed E-state index contributed by atoms with van der Waals surface area (Å²) >= 11 is 1.15. The van der Waals surface area contributed by atoms with Gasteiger partial charge in [0.2, 0.25) is 0 Å². The molecule has 0 saturated heterocycles. The Kier molecular flexibility index (Phi) is 4.00. The van der Waals surface area contributed by atoms with Gasteiger partial charge in [0.25, 0.3) is 0 Å². The van der Waals surface area contributed by atoms with Gasteiger partial charge in [0.1, 0.15) is 5.03 Å². The molecule has 100 valence electrons. The SMILES string of the molecule is CCCn1c(Sc2cc(C(=O)O)ccn2)n[nH]c1=O. The molecule has 0 aromatic carbocycles. The van der Waals surface area contributed by atoms with E-state index in [4.69, 9.17) is 5.11 Å². The van der Waals surface area contributed by atoms with Crippen LogP contribution in [-0.4, -0.2) is 30.8 Å². The zero-order valence-electron chi connectivity index (χ0n) is 10.2. The van der Waals surface area contributed by atoms with E-state index in [1.165, 1.54) is 22.9 Å². The van der Waals surface area contributed by atoms with E-state index in [0.29, 0.717) is 16.7 Å². The van der Waals surface area contributed by atoms with Crippen molar-refractivity contribution in [2.75, 3.05) is 0 Å². The predicted molar refractivity (Wildman–Crippen MR) is 68.5 cm³/mol. The van der Waals surface area contributed by atoms with E-state index in [0.717, 1.165) is 18.2 Å². The predicted octanol–water partition coefficient (Wildman–Crippen LogP) is 1.23. The first-order chi connectivity index (χ1) is 9.11. The van der Waals surface area contributed by atoms with Gasteiger partial charge in [-0.2, -0.15) is 0 Å². The van der Waals surface area contributed by atoms with Crippen LogP contribution >= 0.6 is 11.8 Å². The van der Waals surface area contributed by atoms with Gasteiger partial charge in [0.15, 0.2) is 5.16 Å². The summed E-state index contributed by atoms with van der Waals surface area (Å²) in [5, 5.41) is 16.1. The molecule has 0 aliphatic carbocycles. The number of carboxylic acid groups (broad SMARTS) is 1. The van der Waals surface area contributed by atoms with Crippen molar-refractivity contribution in [2.24, 2.45) is 0 Å². The van der Waals surface area contributed by atoms with E-state index in [1.807, 2.05) is 6.92 Å². The fourth-order valence-corrected chi connectivity index (χ4v) is 2.36. The fourth-order valence-electron chi connectivity index (χ4n) is 1.49. The van der Waals surface area contributed by atoms with Crippen LogP contribution in [0.2, 0.25) is 0 Å². The van der Waals surface area contributed by atoms with Crippen LogP contribution in [0.3, 0.4) is 0 Å². The number of nitrogens with one attached hydrogen (secondary N) is 1. The summed E-state index contributed by atoms with van der Waals surface area (Å²) in [5.41, 5.74) is -0.129. The largest absolute Gasteiger partial charge is 0.478 e. The normalized spacial score (nSPS) is 10.6.